The lowest BCUT2D eigenvalue weighted by atomic mass is 9.99. The molecule has 0 aliphatic heterocycles. The van der Waals surface area contributed by atoms with Crippen molar-refractivity contribution in [3.63, 3.8) is 0 Å². The van der Waals surface area contributed by atoms with E-state index < -0.39 is 97.5 Å². The summed E-state index contributed by atoms with van der Waals surface area (Å²) < 4.78 is 68.9. The number of esters is 4. The van der Waals surface area contributed by atoms with Crippen LogP contribution < -0.4 is 0 Å². The van der Waals surface area contributed by atoms with Crippen LogP contribution in [0.5, 0.6) is 0 Å². The Hall–Kier alpha value is -1.94. The Morgan fingerprint density at radius 1 is 0.282 bits per heavy atom. The van der Waals surface area contributed by atoms with Gasteiger partial charge in [0.15, 0.2) is 12.2 Å². The summed E-state index contributed by atoms with van der Waals surface area (Å²) in [6, 6.07) is 0. The Labute approximate surface area is 632 Å². The number of phosphoric acid groups is 2. The maximum atomic E-state index is 13.1. The van der Waals surface area contributed by atoms with Crippen LogP contribution >= 0.6 is 15.6 Å². The van der Waals surface area contributed by atoms with E-state index >= 15 is 0 Å². The Morgan fingerprint density at radius 2 is 0.495 bits per heavy atom. The van der Waals surface area contributed by atoms with E-state index in [1.54, 1.807) is 0 Å². The van der Waals surface area contributed by atoms with Crippen LogP contribution in [0, 0.1) is 11.8 Å². The summed E-state index contributed by atoms with van der Waals surface area (Å²) in [5.41, 5.74) is 0. The van der Waals surface area contributed by atoms with Gasteiger partial charge in [-0.15, -0.1) is 0 Å². The Kier molecular flexibility index (Phi) is 74.1. The second kappa shape index (κ2) is 75.5. The number of hydrogen-bond donors (Lipinski definition) is 3. The molecule has 0 aliphatic carbocycles. The molecular formula is C84H164O17P2. The third-order valence-electron chi connectivity index (χ3n) is 20.1. The van der Waals surface area contributed by atoms with Crippen molar-refractivity contribution in [2.45, 2.75) is 464 Å². The zero-order valence-electron chi connectivity index (χ0n) is 67.6. The number of phosphoric ester groups is 2. The van der Waals surface area contributed by atoms with E-state index in [9.17, 15) is 43.2 Å². The molecule has 3 unspecified atom stereocenters. The van der Waals surface area contributed by atoms with Crippen LogP contribution in [-0.4, -0.2) is 96.7 Å². The fourth-order valence-corrected chi connectivity index (χ4v) is 14.6. The van der Waals surface area contributed by atoms with E-state index in [0.29, 0.717) is 25.7 Å². The van der Waals surface area contributed by atoms with Crippen LogP contribution in [0.15, 0.2) is 0 Å². The van der Waals surface area contributed by atoms with Crippen molar-refractivity contribution in [2.24, 2.45) is 11.8 Å². The first-order chi connectivity index (χ1) is 49.9. The minimum absolute atomic E-state index is 0.106. The maximum absolute atomic E-state index is 13.1. The molecule has 0 amide bonds. The number of aliphatic hydroxyl groups is 1. The third kappa shape index (κ3) is 76.6. The van der Waals surface area contributed by atoms with Crippen LogP contribution in [0.2, 0.25) is 0 Å². The summed E-state index contributed by atoms with van der Waals surface area (Å²) in [6.07, 6.45) is 66.5. The summed E-state index contributed by atoms with van der Waals surface area (Å²) in [5.74, 6) is -0.542. The lowest BCUT2D eigenvalue weighted by Crippen LogP contribution is -2.30. The number of unbranched alkanes of at least 4 members (excludes halogenated alkanes) is 52. The first-order valence-electron chi connectivity index (χ1n) is 43.5. The van der Waals surface area contributed by atoms with Gasteiger partial charge in [0.25, 0.3) is 0 Å². The molecule has 0 saturated carbocycles. The van der Waals surface area contributed by atoms with Crippen LogP contribution in [0.25, 0.3) is 0 Å². The molecule has 0 aromatic rings. The third-order valence-corrected chi connectivity index (χ3v) is 22.0. The van der Waals surface area contributed by atoms with Gasteiger partial charge in [-0.25, -0.2) is 9.13 Å². The van der Waals surface area contributed by atoms with Crippen molar-refractivity contribution in [3.05, 3.63) is 0 Å². The van der Waals surface area contributed by atoms with E-state index in [4.69, 9.17) is 37.0 Å². The molecule has 0 aromatic carbocycles. The molecule has 19 heteroatoms. The van der Waals surface area contributed by atoms with Gasteiger partial charge in [0.1, 0.15) is 19.3 Å². The average molecular weight is 1510 g/mol. The predicted octanol–water partition coefficient (Wildman–Crippen LogP) is 25.5. The molecule has 0 fully saturated rings. The van der Waals surface area contributed by atoms with Crippen LogP contribution in [0.4, 0.5) is 0 Å². The Balaban J connectivity index is 5.26. The normalized spacial score (nSPS) is 14.1. The molecule has 103 heavy (non-hydrogen) atoms. The van der Waals surface area contributed by atoms with E-state index in [-0.39, 0.29) is 25.7 Å². The maximum Gasteiger partial charge on any atom is 0.472 e. The molecule has 17 nitrogen and oxygen atoms in total. The smallest absolute Gasteiger partial charge is 0.462 e. The molecule has 0 bridgehead atoms. The van der Waals surface area contributed by atoms with E-state index in [2.05, 4.69) is 41.5 Å². The molecule has 612 valence electrons. The molecule has 0 aromatic heterocycles. The second-order valence-electron chi connectivity index (χ2n) is 30.9. The topological polar surface area (TPSA) is 237 Å². The Morgan fingerprint density at radius 3 is 0.738 bits per heavy atom. The van der Waals surface area contributed by atoms with E-state index in [1.165, 1.54) is 263 Å². The molecule has 0 aliphatic rings. The molecule has 6 atom stereocenters. The molecule has 0 heterocycles. The highest BCUT2D eigenvalue weighted by atomic mass is 31.2. The van der Waals surface area contributed by atoms with Gasteiger partial charge in [-0.05, 0) is 37.5 Å². The SMILES string of the molecule is CCCCCCCCCCCCCCCCCCCCCCC(=O)O[C@H](COC(=O)CCCCCCCCCCCCCCCCCC)COP(=O)(O)OC[C@@H](O)COP(=O)(O)OC[C@@H](COC(=O)CCCCCCCCCCCCC(C)C)OC(=O)CCCCCCCCCCCCC(C)CC. The van der Waals surface area contributed by atoms with Crippen molar-refractivity contribution in [1.29, 1.82) is 0 Å². The predicted molar refractivity (Wildman–Crippen MR) is 423 cm³/mol. The summed E-state index contributed by atoms with van der Waals surface area (Å²) in [4.78, 5) is 73.2. The van der Waals surface area contributed by atoms with Gasteiger partial charge in [0.2, 0.25) is 0 Å². The summed E-state index contributed by atoms with van der Waals surface area (Å²) in [7, 11) is -9.93. The van der Waals surface area contributed by atoms with E-state index in [1.807, 2.05) is 0 Å². The van der Waals surface area contributed by atoms with Gasteiger partial charge in [-0.1, -0.05) is 395 Å². The summed E-state index contributed by atoms with van der Waals surface area (Å²) >= 11 is 0. The zero-order chi connectivity index (χ0) is 75.6. The van der Waals surface area contributed by atoms with Gasteiger partial charge < -0.3 is 33.8 Å². The van der Waals surface area contributed by atoms with Crippen LogP contribution in [0.3, 0.4) is 0 Å². The van der Waals surface area contributed by atoms with Crippen molar-refractivity contribution >= 4 is 39.5 Å². The van der Waals surface area contributed by atoms with Gasteiger partial charge in [0, 0.05) is 25.7 Å². The number of carbonyl (C=O) groups is 4. The largest absolute Gasteiger partial charge is 0.472 e. The molecular weight excluding hydrogens is 1340 g/mol. The number of carbonyl (C=O) groups excluding carboxylic acids is 4. The highest BCUT2D eigenvalue weighted by Gasteiger charge is 2.30. The van der Waals surface area contributed by atoms with Crippen LogP contribution in [-0.2, 0) is 65.4 Å². The number of ether oxygens (including phenoxy) is 4. The fourth-order valence-electron chi connectivity index (χ4n) is 13.0. The first-order valence-corrected chi connectivity index (χ1v) is 46.5. The van der Waals surface area contributed by atoms with Gasteiger partial charge in [0.05, 0.1) is 26.4 Å². The Bertz CT molecular complexity index is 1980. The first kappa shape index (κ1) is 101. The summed E-state index contributed by atoms with van der Waals surface area (Å²) in [6.45, 7) is 9.68. The van der Waals surface area contributed by atoms with E-state index in [0.717, 1.165) is 102 Å². The van der Waals surface area contributed by atoms with Crippen molar-refractivity contribution in [3.8, 4) is 0 Å². The zero-order valence-corrected chi connectivity index (χ0v) is 69.4. The van der Waals surface area contributed by atoms with Crippen molar-refractivity contribution in [2.75, 3.05) is 39.6 Å². The lowest BCUT2D eigenvalue weighted by molar-refractivity contribution is -0.161. The van der Waals surface area contributed by atoms with Crippen LogP contribution in [0.1, 0.15) is 446 Å². The summed E-state index contributed by atoms with van der Waals surface area (Å²) in [5, 5.41) is 10.7. The lowest BCUT2D eigenvalue weighted by Gasteiger charge is -2.21. The van der Waals surface area contributed by atoms with Gasteiger partial charge in [-0.3, -0.25) is 37.3 Å². The van der Waals surface area contributed by atoms with Crippen molar-refractivity contribution in [1.82, 2.24) is 0 Å². The molecule has 0 saturated heterocycles. The number of rotatable bonds is 83. The van der Waals surface area contributed by atoms with Gasteiger partial charge >= 0.3 is 39.5 Å². The minimum Gasteiger partial charge on any atom is -0.462 e. The highest BCUT2D eigenvalue weighted by Crippen LogP contribution is 2.45. The monoisotopic (exact) mass is 1510 g/mol. The van der Waals surface area contributed by atoms with Gasteiger partial charge in [-0.2, -0.15) is 0 Å². The second-order valence-corrected chi connectivity index (χ2v) is 33.8. The van der Waals surface area contributed by atoms with Crippen molar-refractivity contribution < 1.29 is 80.2 Å². The minimum atomic E-state index is -4.96. The number of hydrogen-bond acceptors (Lipinski definition) is 15. The molecule has 3 N–H and O–H groups in total. The quantitative estimate of drug-likeness (QED) is 0.0222. The standard InChI is InChI=1S/C84H164O17P2/c1-7-10-12-14-16-18-20-22-24-26-27-28-29-31-33-35-44-50-56-62-68-83(88)100-79(72-94-81(86)66-60-54-48-42-34-32-30-25-23-21-19-17-15-13-11-8-2)74-98-102(90,91)96-70-78(85)71-97-103(92,93)99-75-80(73-95-82(87)67-61-55-49-43-38-36-40-46-52-58-64-76(4)5)101-84(89)69-63-57-51-45-39-37-41-47-53-59-65-77(6)9-3/h76-80,85H,7-75H2,1-6H3,(H,90,91)(H,92,93)/t77?,78-,79-,80-/m1/s1. The highest BCUT2D eigenvalue weighted by molar-refractivity contribution is 7.47. The molecule has 0 spiro atoms. The molecule has 0 rings (SSSR count). The fraction of sp³-hybridized carbons (Fsp3) is 0.952. The molecule has 0 radical (unpaired) electrons. The average Bonchev–Trinajstić information content (AvgIpc) is 0.909. The number of aliphatic hydroxyl groups excluding tert-OH is 1.